The van der Waals surface area contributed by atoms with Crippen molar-refractivity contribution in [3.8, 4) is 0 Å². The van der Waals surface area contributed by atoms with Gasteiger partial charge in [-0.1, -0.05) is 0 Å². The normalized spacial score (nSPS) is 16.2. The lowest BCUT2D eigenvalue weighted by Gasteiger charge is -2.34. The monoisotopic (exact) mass is 302 g/mol. The van der Waals surface area contributed by atoms with Crippen LogP contribution in [0.2, 0.25) is 0 Å². The summed E-state index contributed by atoms with van der Waals surface area (Å²) in [5.74, 6) is 0.146. The number of nitrogens with zero attached hydrogens (tertiary/aromatic N) is 6. The van der Waals surface area contributed by atoms with Crippen LogP contribution in [0.1, 0.15) is 11.3 Å². The van der Waals surface area contributed by atoms with Crippen molar-refractivity contribution in [2.75, 3.05) is 26.2 Å². The Kier molecular flexibility index (Phi) is 4.24. The number of carbonyl (C=O) groups excluding carboxylic acids is 1. The van der Waals surface area contributed by atoms with Gasteiger partial charge in [-0.2, -0.15) is 10.2 Å². The predicted octanol–water partition coefficient (Wildman–Crippen LogP) is 0.269. The summed E-state index contributed by atoms with van der Waals surface area (Å²) < 4.78 is 3.58. The second kappa shape index (κ2) is 6.31. The van der Waals surface area contributed by atoms with E-state index in [0.717, 1.165) is 38.4 Å². The van der Waals surface area contributed by atoms with E-state index in [0.29, 0.717) is 6.54 Å². The van der Waals surface area contributed by atoms with E-state index >= 15 is 0 Å². The maximum Gasteiger partial charge on any atom is 0.244 e. The minimum atomic E-state index is 0.146. The number of carbonyl (C=O) groups is 1. The molecule has 0 N–H and O–H groups in total. The van der Waals surface area contributed by atoms with E-state index < -0.39 is 0 Å². The fourth-order valence-corrected chi connectivity index (χ4v) is 2.76. The van der Waals surface area contributed by atoms with Crippen molar-refractivity contribution < 1.29 is 4.79 Å². The van der Waals surface area contributed by atoms with Crippen LogP contribution in [-0.2, 0) is 24.9 Å². The van der Waals surface area contributed by atoms with Crippen LogP contribution < -0.4 is 0 Å². The van der Waals surface area contributed by atoms with E-state index in [1.54, 1.807) is 10.9 Å². The van der Waals surface area contributed by atoms with Gasteiger partial charge in [-0.05, 0) is 13.0 Å². The van der Waals surface area contributed by atoms with Gasteiger partial charge in [0.15, 0.2) is 0 Å². The third kappa shape index (κ3) is 3.36. The van der Waals surface area contributed by atoms with Crippen LogP contribution in [0, 0.1) is 6.92 Å². The molecule has 1 fully saturated rings. The Morgan fingerprint density at radius 2 is 2.00 bits per heavy atom. The predicted molar refractivity (Wildman–Crippen MR) is 82.0 cm³/mol. The molecule has 0 atom stereocenters. The lowest BCUT2D eigenvalue weighted by atomic mass is 10.2. The second-order valence-electron chi connectivity index (χ2n) is 5.81. The standard InChI is InChI=1S/C15H22N6O/c1-13-3-4-16-21(13)12-15(22)20-7-5-19(6-8-20)11-14-9-17-18(2)10-14/h3-4,9-10H,5-8,11-12H2,1-2H3. The van der Waals surface area contributed by atoms with Gasteiger partial charge in [0.25, 0.3) is 0 Å². The van der Waals surface area contributed by atoms with Crippen molar-refractivity contribution in [3.05, 3.63) is 35.9 Å². The first-order valence-electron chi connectivity index (χ1n) is 7.58. The Bertz CT molecular complexity index is 638. The summed E-state index contributed by atoms with van der Waals surface area (Å²) in [5, 5.41) is 8.36. The van der Waals surface area contributed by atoms with Gasteiger partial charge in [-0.15, -0.1) is 0 Å². The number of hydrogen-bond acceptors (Lipinski definition) is 4. The van der Waals surface area contributed by atoms with E-state index in [1.165, 1.54) is 5.56 Å². The van der Waals surface area contributed by atoms with Gasteiger partial charge in [0.2, 0.25) is 5.91 Å². The highest BCUT2D eigenvalue weighted by Gasteiger charge is 2.21. The SMILES string of the molecule is Cc1ccnn1CC(=O)N1CCN(Cc2cnn(C)c2)CC1. The molecule has 3 rings (SSSR count). The third-order valence-corrected chi connectivity index (χ3v) is 4.10. The number of hydrogen-bond donors (Lipinski definition) is 0. The zero-order valence-corrected chi connectivity index (χ0v) is 13.1. The average Bonchev–Trinajstić information content (AvgIpc) is 3.09. The van der Waals surface area contributed by atoms with Crippen LogP contribution in [0.5, 0.6) is 0 Å². The maximum atomic E-state index is 12.3. The summed E-state index contributed by atoms with van der Waals surface area (Å²) in [7, 11) is 1.93. The molecule has 22 heavy (non-hydrogen) atoms. The van der Waals surface area contributed by atoms with Gasteiger partial charge in [0.05, 0.1) is 6.20 Å². The van der Waals surface area contributed by atoms with Crippen LogP contribution in [-0.4, -0.2) is 61.4 Å². The minimum Gasteiger partial charge on any atom is -0.339 e. The molecule has 0 bridgehead atoms. The molecule has 3 heterocycles. The zero-order valence-electron chi connectivity index (χ0n) is 13.1. The van der Waals surface area contributed by atoms with Crippen molar-refractivity contribution in [2.45, 2.75) is 20.0 Å². The van der Waals surface area contributed by atoms with Gasteiger partial charge < -0.3 is 4.90 Å². The topological polar surface area (TPSA) is 59.2 Å². The number of amides is 1. The minimum absolute atomic E-state index is 0.146. The van der Waals surface area contributed by atoms with Crippen LogP contribution in [0.3, 0.4) is 0 Å². The Labute approximate surface area is 130 Å². The van der Waals surface area contributed by atoms with Crippen LogP contribution >= 0.6 is 0 Å². The molecule has 1 aliphatic rings. The molecule has 7 heteroatoms. The molecule has 0 radical (unpaired) electrons. The molecule has 2 aromatic heterocycles. The van der Waals surface area contributed by atoms with Crippen molar-refractivity contribution in [2.24, 2.45) is 7.05 Å². The van der Waals surface area contributed by atoms with Crippen molar-refractivity contribution in [1.29, 1.82) is 0 Å². The first-order valence-corrected chi connectivity index (χ1v) is 7.58. The second-order valence-corrected chi connectivity index (χ2v) is 5.81. The number of piperazine rings is 1. The molecule has 0 saturated carbocycles. The summed E-state index contributed by atoms with van der Waals surface area (Å²) in [4.78, 5) is 16.6. The molecule has 0 aliphatic carbocycles. The van der Waals surface area contributed by atoms with E-state index in [9.17, 15) is 4.79 Å². The molecule has 0 unspecified atom stereocenters. The Balaban J connectivity index is 1.49. The van der Waals surface area contributed by atoms with Gasteiger partial charge in [0, 0.05) is 63.4 Å². The quantitative estimate of drug-likeness (QED) is 0.813. The number of aromatic nitrogens is 4. The number of aryl methyl sites for hydroxylation is 2. The molecule has 118 valence electrons. The van der Waals surface area contributed by atoms with E-state index in [4.69, 9.17) is 0 Å². The van der Waals surface area contributed by atoms with E-state index in [-0.39, 0.29) is 5.91 Å². The largest absolute Gasteiger partial charge is 0.339 e. The molecular formula is C15H22N6O. The Morgan fingerprint density at radius 1 is 1.23 bits per heavy atom. The van der Waals surface area contributed by atoms with Gasteiger partial charge in [-0.3, -0.25) is 19.1 Å². The first-order chi connectivity index (χ1) is 10.6. The van der Waals surface area contributed by atoms with Crippen molar-refractivity contribution >= 4 is 5.91 Å². The molecule has 1 saturated heterocycles. The molecule has 2 aromatic rings. The van der Waals surface area contributed by atoms with Gasteiger partial charge >= 0.3 is 0 Å². The molecular weight excluding hydrogens is 280 g/mol. The summed E-state index contributed by atoms with van der Waals surface area (Å²) in [6, 6.07) is 1.92. The Morgan fingerprint density at radius 3 is 2.59 bits per heavy atom. The van der Waals surface area contributed by atoms with Crippen LogP contribution in [0.15, 0.2) is 24.7 Å². The van der Waals surface area contributed by atoms with Gasteiger partial charge in [0.1, 0.15) is 6.54 Å². The van der Waals surface area contributed by atoms with Crippen molar-refractivity contribution in [3.63, 3.8) is 0 Å². The average molecular weight is 302 g/mol. The maximum absolute atomic E-state index is 12.3. The third-order valence-electron chi connectivity index (χ3n) is 4.10. The zero-order chi connectivity index (χ0) is 15.5. The van der Waals surface area contributed by atoms with Crippen molar-refractivity contribution in [1.82, 2.24) is 29.4 Å². The molecule has 1 amide bonds. The van der Waals surface area contributed by atoms with Crippen LogP contribution in [0.25, 0.3) is 0 Å². The Hall–Kier alpha value is -2.15. The highest BCUT2D eigenvalue weighted by atomic mass is 16.2. The number of rotatable bonds is 4. The molecule has 1 aliphatic heterocycles. The lowest BCUT2D eigenvalue weighted by molar-refractivity contribution is -0.133. The summed E-state index contributed by atoms with van der Waals surface area (Å²) in [5.41, 5.74) is 2.23. The highest BCUT2D eigenvalue weighted by Crippen LogP contribution is 2.09. The fraction of sp³-hybridized carbons (Fsp3) is 0.533. The lowest BCUT2D eigenvalue weighted by Crippen LogP contribution is -2.49. The van der Waals surface area contributed by atoms with Crippen LogP contribution in [0.4, 0.5) is 0 Å². The highest BCUT2D eigenvalue weighted by molar-refractivity contribution is 5.76. The molecule has 0 spiro atoms. The summed E-state index contributed by atoms with van der Waals surface area (Å²) in [6.45, 7) is 6.55. The fourth-order valence-electron chi connectivity index (χ4n) is 2.76. The summed E-state index contributed by atoms with van der Waals surface area (Å²) in [6.07, 6.45) is 5.67. The van der Waals surface area contributed by atoms with Gasteiger partial charge in [-0.25, -0.2) is 0 Å². The van der Waals surface area contributed by atoms with E-state index in [2.05, 4.69) is 15.1 Å². The molecule has 0 aromatic carbocycles. The van der Waals surface area contributed by atoms with E-state index in [1.807, 2.05) is 42.0 Å². The summed E-state index contributed by atoms with van der Waals surface area (Å²) >= 11 is 0. The smallest absolute Gasteiger partial charge is 0.244 e. The molecule has 7 nitrogen and oxygen atoms in total. The first kappa shape index (κ1) is 14.8.